The highest BCUT2D eigenvalue weighted by molar-refractivity contribution is 5.83. The number of allylic oxidation sites excluding steroid dienone is 1. The summed E-state index contributed by atoms with van der Waals surface area (Å²) in [6.07, 6.45) is 29.6. The molecular weight excluding hydrogens is 1760 g/mol. The van der Waals surface area contributed by atoms with Crippen LogP contribution < -0.4 is 48.4 Å². The highest BCUT2D eigenvalue weighted by Gasteiger charge is 2.42. The summed E-state index contributed by atoms with van der Waals surface area (Å²) in [6.45, 7) is 33.9. The van der Waals surface area contributed by atoms with Crippen LogP contribution in [-0.2, 0) is 44.7 Å². The normalized spacial score (nSPS) is 20.0. The highest BCUT2D eigenvalue weighted by atomic mass is 16.6. The van der Waals surface area contributed by atoms with Crippen molar-refractivity contribution in [2.45, 2.75) is 246 Å². The number of para-hydroxylation sites is 9. The Labute approximate surface area is 833 Å². The number of amides is 4. The molecule has 21 nitrogen and oxygen atoms in total. The number of likely N-dealkylation sites (tertiary alicyclic amines) is 4. The van der Waals surface area contributed by atoms with Gasteiger partial charge < -0.3 is 72.7 Å². The third-order valence-electron chi connectivity index (χ3n) is 24.8. The number of benzene rings is 9. The summed E-state index contributed by atoms with van der Waals surface area (Å²) in [4.78, 5) is 58.6. The number of nitrogens with two attached hydrogens (primary N) is 1. The average molecular weight is 1910 g/mol. The maximum Gasteiger partial charge on any atom is 0.410 e. The molecule has 0 unspecified atom stereocenters. The van der Waals surface area contributed by atoms with Gasteiger partial charge in [0.25, 0.3) is 0 Å². The van der Waals surface area contributed by atoms with Crippen molar-refractivity contribution in [2.75, 3.05) is 59.2 Å². The largest absolute Gasteiger partial charge is 0.490 e. The van der Waals surface area contributed by atoms with Gasteiger partial charge in [0, 0.05) is 31.6 Å². The van der Waals surface area contributed by atoms with Crippen LogP contribution in [0.4, 0.5) is 9.59 Å². The smallest absolute Gasteiger partial charge is 0.410 e. The molecule has 4 heterocycles. The first-order valence-electron chi connectivity index (χ1n) is 50.3. The third-order valence-corrected chi connectivity index (χ3v) is 24.8. The molecule has 4 aliphatic heterocycles. The van der Waals surface area contributed by atoms with Crippen LogP contribution in [0.15, 0.2) is 309 Å². The summed E-state index contributed by atoms with van der Waals surface area (Å²) in [7, 11) is 0. The second-order valence-electron chi connectivity index (χ2n) is 38.5. The molecule has 0 spiro atoms. The van der Waals surface area contributed by atoms with Crippen LogP contribution in [0.1, 0.15) is 171 Å². The molecule has 0 radical (unpaired) electrons. The molecule has 5 fully saturated rings. The average Bonchev–Trinajstić information content (AvgIpc) is 1.69. The number of rotatable bonds is 36. The minimum Gasteiger partial charge on any atom is -0.490 e. The second kappa shape index (κ2) is 57.1. The summed E-state index contributed by atoms with van der Waals surface area (Å²) >= 11 is 0. The molecule has 140 heavy (non-hydrogen) atoms. The molecule has 1 aliphatic carbocycles. The fourth-order valence-corrected chi connectivity index (χ4v) is 17.1. The molecule has 0 bridgehead atoms. The number of ether oxygens (including phenoxy) is 11. The highest BCUT2D eigenvalue weighted by Crippen LogP contribution is 2.35. The number of hydrogen-bond donors (Lipinski definition) is 2. The first kappa shape index (κ1) is 109. The molecular formula is C119H153N5O16. The van der Waals surface area contributed by atoms with Gasteiger partial charge in [-0.25, -0.2) is 9.59 Å². The fraction of sp³-hybridized carbons (Fsp3) is 0.429. The Kier molecular flexibility index (Phi) is 44.6. The molecule has 3 N–H and O–H groups in total. The lowest BCUT2D eigenvalue weighted by molar-refractivity contribution is -0.136. The van der Waals surface area contributed by atoms with Gasteiger partial charge in [-0.05, 0) is 230 Å². The van der Waals surface area contributed by atoms with Crippen molar-refractivity contribution in [2.24, 2.45) is 29.4 Å². The zero-order valence-corrected chi connectivity index (χ0v) is 85.1. The van der Waals surface area contributed by atoms with Crippen molar-refractivity contribution in [1.82, 2.24) is 19.6 Å². The van der Waals surface area contributed by atoms with Crippen LogP contribution in [0.2, 0.25) is 0 Å². The SMILES string of the molecule is CC(C)(C)OC(=O)N1C[C@@H](Oc2ccccc2)C[C@H]1/C=C/CO.CCc1ccccc1OC/C=C/[C@@H]1C[C@H](Oc2ccccc2)CN1C(=O)OC(C)(C)C.CCc1ccccc1OC/C=C/[C@@H]1C[C@H](Oc2ccccc2)CN1C(=O)[C@@H](C)C(C)C.CCc1ccccc1OC/C=C/[C@@H]1C[C@H](Oc2ccccc2)CN1C(=O)[C@@H](N)C(C)C.CCc1ccccc1OC/C=C/[C@H]1CC[C@@H](Oc2ccccc2)C1. The number of aliphatic hydroxyl groups excluding tert-OH is 1. The predicted molar refractivity (Wildman–Crippen MR) is 559 cm³/mol. The van der Waals surface area contributed by atoms with Gasteiger partial charge in [-0.15, -0.1) is 0 Å². The first-order chi connectivity index (χ1) is 67.6. The Morgan fingerprint density at radius 2 is 0.600 bits per heavy atom. The molecule has 14 rings (SSSR count). The maximum absolute atomic E-state index is 13.1. The molecule has 9 aromatic carbocycles. The van der Waals surface area contributed by atoms with Crippen LogP contribution in [0.3, 0.4) is 0 Å². The van der Waals surface area contributed by atoms with E-state index in [0.717, 1.165) is 103 Å². The van der Waals surface area contributed by atoms with Crippen molar-refractivity contribution in [3.8, 4) is 51.7 Å². The number of aryl methyl sites for hydroxylation is 4. The van der Waals surface area contributed by atoms with Crippen molar-refractivity contribution >= 4 is 24.0 Å². The summed E-state index contributed by atoms with van der Waals surface area (Å²) in [5.41, 5.74) is 9.94. The number of carbonyl (C=O) groups excluding carboxylic acids is 4. The van der Waals surface area contributed by atoms with Crippen molar-refractivity contribution in [3.05, 3.63) is 332 Å². The topological polar surface area (TPSA) is 229 Å². The Balaban J connectivity index is 0.000000181. The minimum absolute atomic E-state index is 0.0119. The number of aliphatic hydroxyl groups is 1. The van der Waals surface area contributed by atoms with E-state index in [1.54, 1.807) is 15.9 Å². The number of nitrogens with zero attached hydrogens (tertiary/aromatic N) is 4. The van der Waals surface area contributed by atoms with Gasteiger partial charge in [0.2, 0.25) is 11.8 Å². The molecule has 12 atom stereocenters. The van der Waals surface area contributed by atoms with E-state index in [9.17, 15) is 19.2 Å². The Morgan fingerprint density at radius 3 is 0.886 bits per heavy atom. The Morgan fingerprint density at radius 1 is 0.336 bits per heavy atom. The Bertz CT molecular complexity index is 5150. The monoisotopic (exact) mass is 1910 g/mol. The van der Waals surface area contributed by atoms with Crippen LogP contribution in [-0.4, -0.2) is 180 Å². The molecule has 0 aromatic heterocycles. The van der Waals surface area contributed by atoms with Gasteiger partial charge in [-0.2, -0.15) is 0 Å². The fourth-order valence-electron chi connectivity index (χ4n) is 17.1. The maximum atomic E-state index is 13.1. The van der Waals surface area contributed by atoms with Gasteiger partial charge in [0.15, 0.2) is 0 Å². The van der Waals surface area contributed by atoms with Gasteiger partial charge in [-0.1, -0.05) is 269 Å². The van der Waals surface area contributed by atoms with Crippen molar-refractivity contribution < 1.29 is 76.4 Å². The van der Waals surface area contributed by atoms with Crippen molar-refractivity contribution in [1.29, 1.82) is 0 Å². The van der Waals surface area contributed by atoms with Crippen LogP contribution in [0, 0.1) is 23.7 Å². The van der Waals surface area contributed by atoms with Gasteiger partial charge in [0.05, 0.1) is 69.1 Å². The first-order valence-corrected chi connectivity index (χ1v) is 50.3. The lowest BCUT2D eigenvalue weighted by Gasteiger charge is -2.27. The molecule has 5 aliphatic rings. The van der Waals surface area contributed by atoms with Gasteiger partial charge in [0.1, 0.15) is 114 Å². The van der Waals surface area contributed by atoms with Crippen LogP contribution >= 0.6 is 0 Å². The molecule has 4 amide bonds. The van der Waals surface area contributed by atoms with Crippen molar-refractivity contribution in [3.63, 3.8) is 0 Å². The van der Waals surface area contributed by atoms with Gasteiger partial charge in [-0.3, -0.25) is 19.4 Å². The lowest BCUT2D eigenvalue weighted by Crippen LogP contribution is -2.48. The van der Waals surface area contributed by atoms with E-state index in [1.807, 2.05) is 327 Å². The van der Waals surface area contributed by atoms with Gasteiger partial charge >= 0.3 is 12.2 Å². The van der Waals surface area contributed by atoms with Crippen LogP contribution in [0.25, 0.3) is 0 Å². The third kappa shape index (κ3) is 36.5. The van der Waals surface area contributed by atoms with E-state index in [1.165, 1.54) is 28.7 Å². The van der Waals surface area contributed by atoms with E-state index in [2.05, 4.69) is 90.1 Å². The zero-order chi connectivity index (χ0) is 100. The van der Waals surface area contributed by atoms with E-state index < -0.39 is 17.2 Å². The second-order valence-corrected chi connectivity index (χ2v) is 38.5. The number of carbonyl (C=O) groups is 4. The summed E-state index contributed by atoms with van der Waals surface area (Å²) in [5, 5.41) is 8.99. The zero-order valence-electron chi connectivity index (χ0n) is 85.1. The van der Waals surface area contributed by atoms with E-state index >= 15 is 0 Å². The van der Waals surface area contributed by atoms with Crippen LogP contribution in [0.5, 0.6) is 51.7 Å². The molecule has 9 aromatic rings. The summed E-state index contributed by atoms with van der Waals surface area (Å²) in [6, 6.07) is 80.7. The quantitative estimate of drug-likeness (QED) is 0.0348. The molecule has 1 saturated carbocycles. The molecule has 4 saturated heterocycles. The van der Waals surface area contributed by atoms with E-state index in [-0.39, 0.29) is 91.0 Å². The minimum atomic E-state index is -0.545. The summed E-state index contributed by atoms with van der Waals surface area (Å²) < 4.78 is 65.2. The Hall–Kier alpha value is -12.7. The number of hydrogen-bond acceptors (Lipinski definition) is 17. The van der Waals surface area contributed by atoms with E-state index in [0.29, 0.717) is 83.4 Å². The van der Waals surface area contributed by atoms with E-state index in [4.69, 9.17) is 62.9 Å². The summed E-state index contributed by atoms with van der Waals surface area (Å²) in [5.74, 6) is 9.11. The predicted octanol–water partition coefficient (Wildman–Crippen LogP) is 23.8. The molecule has 21 heteroatoms. The lowest BCUT2D eigenvalue weighted by atomic mass is 9.96. The standard InChI is InChI=1S/C27H35NO3.C26H34N2O3.C26H33NO4.C22H26O2.C18H25NO4/c1-5-22-12-9-10-16-26(22)30-17-11-13-23-18-25(31-24-14-7-6-8-15-24)19-28(23)27(29)21(4)20(2)3;1-4-20-11-8-9-15-24(20)30-16-10-12-21-17-23(31-22-13-6-5-7-14-22)18-28(21)26(29)25(27)19(2)3;1-5-20-12-9-10-16-24(20)29-17-11-13-21-18-23(30-22-14-7-6-8-15-22)19-27(21)25(28)31-26(2,3)4;1-2-19-10-6-7-13-22(19)23-16-8-9-18-14-15-21(17-18)24-20-11-4-3-5-12-20;1-18(2,3)23-17(21)19-13-16(12-14(19)8-7-11-20)22-15-9-5-4-6-10-15/h6-16,20-21,23,25H,5,17-19H2,1-4H3;5-15,19,21,23,25H,4,16-18,27H2,1-3H3;6-16,21,23H,5,17-19H2,1-4H3;3-13,18,21H,2,14-17H2,1H3;4-10,14,16,20H,11-13H2,1-3H3/b13-11+;12-10+;13-11+;9-8+;8-7+/t21-,23+,25-;21-,23+,25+;21-,23+;18-,21+;14-,16+/m01101/s1. The molecule has 750 valence electrons.